The molecule has 1 aliphatic rings. The maximum Gasteiger partial charge on any atom is 0.237 e. The molecule has 1 amide bonds. The molecule has 29 heavy (non-hydrogen) atoms. The third-order valence-corrected chi connectivity index (χ3v) is 7.48. The minimum Gasteiger partial charge on any atom is -0.496 e. The number of hydrogen-bond acceptors (Lipinski definition) is 6. The van der Waals surface area contributed by atoms with Gasteiger partial charge in [-0.25, -0.2) is 8.42 Å². The molecule has 2 heterocycles. The quantitative estimate of drug-likeness (QED) is 0.619. The molecule has 0 spiro atoms. The summed E-state index contributed by atoms with van der Waals surface area (Å²) in [6.45, 7) is 2.33. The van der Waals surface area contributed by atoms with Gasteiger partial charge in [-0.1, -0.05) is 6.07 Å². The number of carbonyl (C=O) groups is 1. The van der Waals surface area contributed by atoms with Crippen molar-refractivity contribution in [1.29, 1.82) is 0 Å². The summed E-state index contributed by atoms with van der Waals surface area (Å²) in [5.74, 6) is 1.34. The highest BCUT2D eigenvalue weighted by atomic mass is 79.9. The van der Waals surface area contributed by atoms with Crippen LogP contribution in [-0.2, 0) is 21.2 Å². The fourth-order valence-electron chi connectivity index (χ4n) is 3.42. The zero-order valence-electron chi connectivity index (χ0n) is 16.4. The molecule has 0 unspecified atom stereocenters. The molecular weight excluding hydrogens is 460 g/mol. The minimum atomic E-state index is -3.10. The van der Waals surface area contributed by atoms with Gasteiger partial charge < -0.3 is 19.4 Å². The molecule has 7 nitrogen and oxygen atoms in total. The number of furan rings is 1. The first kappa shape index (κ1) is 21.9. The molecule has 0 radical (unpaired) electrons. The van der Waals surface area contributed by atoms with Crippen LogP contribution in [0.4, 0.5) is 0 Å². The average molecular weight is 485 g/mol. The Labute approximate surface area is 179 Å². The summed E-state index contributed by atoms with van der Waals surface area (Å²) < 4.78 is 35.3. The number of rotatable bonds is 8. The monoisotopic (exact) mass is 484 g/mol. The first-order valence-corrected chi connectivity index (χ1v) is 12.0. The van der Waals surface area contributed by atoms with Gasteiger partial charge in [0.1, 0.15) is 11.5 Å². The van der Waals surface area contributed by atoms with E-state index in [0.717, 1.165) is 15.8 Å². The van der Waals surface area contributed by atoms with E-state index in [4.69, 9.17) is 9.15 Å². The van der Waals surface area contributed by atoms with E-state index in [1.165, 1.54) is 0 Å². The van der Waals surface area contributed by atoms with Crippen molar-refractivity contribution in [2.75, 3.05) is 25.2 Å². The molecule has 1 aliphatic heterocycles. The molecule has 1 fully saturated rings. The number of amides is 1. The Kier molecular flexibility index (Phi) is 7.02. The van der Waals surface area contributed by atoms with E-state index < -0.39 is 9.84 Å². The number of sulfone groups is 1. The van der Waals surface area contributed by atoms with E-state index in [9.17, 15) is 13.2 Å². The molecule has 0 bridgehead atoms. The Morgan fingerprint density at radius 2 is 2.21 bits per heavy atom. The topological polar surface area (TPSA) is 88.8 Å². The summed E-state index contributed by atoms with van der Waals surface area (Å²) in [6, 6.07) is 8.90. The molecule has 158 valence electrons. The van der Waals surface area contributed by atoms with Crippen LogP contribution in [0.2, 0.25) is 0 Å². The third kappa shape index (κ3) is 5.61. The normalized spacial score (nSPS) is 19.1. The minimum absolute atomic E-state index is 0.000425. The first-order chi connectivity index (χ1) is 13.8. The molecule has 9 heteroatoms. The number of methoxy groups -OCH3 is 1. The van der Waals surface area contributed by atoms with Gasteiger partial charge >= 0.3 is 0 Å². The number of hydrogen-bond donors (Lipinski definition) is 1. The van der Waals surface area contributed by atoms with Crippen molar-refractivity contribution in [1.82, 2.24) is 10.2 Å². The fraction of sp³-hybridized carbons (Fsp3) is 0.450. The van der Waals surface area contributed by atoms with Gasteiger partial charge in [0.2, 0.25) is 5.91 Å². The Morgan fingerprint density at radius 1 is 1.41 bits per heavy atom. The van der Waals surface area contributed by atoms with E-state index >= 15 is 0 Å². The Bertz CT molecular complexity index is 946. The summed E-state index contributed by atoms with van der Waals surface area (Å²) in [5.41, 5.74) is 1.01. The lowest BCUT2D eigenvalue weighted by atomic mass is 10.1. The van der Waals surface area contributed by atoms with E-state index in [-0.39, 0.29) is 42.6 Å². The van der Waals surface area contributed by atoms with Crippen molar-refractivity contribution in [2.24, 2.45) is 0 Å². The maximum atomic E-state index is 13.0. The smallest absolute Gasteiger partial charge is 0.237 e. The van der Waals surface area contributed by atoms with Crippen LogP contribution in [0.1, 0.15) is 30.7 Å². The van der Waals surface area contributed by atoms with Gasteiger partial charge in [-0.3, -0.25) is 4.79 Å². The van der Waals surface area contributed by atoms with Gasteiger partial charge in [0.25, 0.3) is 0 Å². The number of nitrogens with one attached hydrogen (secondary N) is 1. The average Bonchev–Trinajstić information content (AvgIpc) is 3.32. The van der Waals surface area contributed by atoms with Crippen LogP contribution in [0, 0.1) is 0 Å². The summed E-state index contributed by atoms with van der Waals surface area (Å²) in [7, 11) is -1.49. The molecule has 1 aromatic heterocycles. The van der Waals surface area contributed by atoms with E-state index in [0.29, 0.717) is 12.2 Å². The second-order valence-corrected chi connectivity index (χ2v) is 10.2. The number of halogens is 1. The predicted molar refractivity (Wildman–Crippen MR) is 113 cm³/mol. The second kappa shape index (κ2) is 9.32. The van der Waals surface area contributed by atoms with E-state index in [1.54, 1.807) is 30.4 Å². The van der Waals surface area contributed by atoms with Crippen LogP contribution < -0.4 is 10.1 Å². The zero-order valence-corrected chi connectivity index (χ0v) is 18.8. The molecular formula is C20H25BrN2O5S. The number of benzene rings is 1. The highest BCUT2D eigenvalue weighted by Crippen LogP contribution is 2.28. The molecule has 2 atom stereocenters. The molecule has 1 aromatic carbocycles. The van der Waals surface area contributed by atoms with Crippen molar-refractivity contribution >= 4 is 31.7 Å². The van der Waals surface area contributed by atoms with Gasteiger partial charge in [-0.05, 0) is 59.1 Å². The van der Waals surface area contributed by atoms with E-state index in [1.807, 2.05) is 25.1 Å². The number of nitrogens with zero attached hydrogens (tertiary/aromatic N) is 1. The van der Waals surface area contributed by atoms with Gasteiger partial charge in [0.15, 0.2) is 9.84 Å². The molecule has 0 saturated carbocycles. The lowest BCUT2D eigenvalue weighted by Crippen LogP contribution is -2.45. The van der Waals surface area contributed by atoms with Crippen molar-refractivity contribution < 1.29 is 22.4 Å². The standard InChI is InChI=1S/C20H25BrN2O5S/c1-14(15-5-6-19(27-2)18(21)10-15)22-11-20(24)23(12-17-4-3-8-28-17)16-7-9-29(25,26)13-16/h3-6,8,10,14,16,22H,7,9,11-13H2,1-2H3/t14-,16+/m0/s1. The lowest BCUT2D eigenvalue weighted by molar-refractivity contribution is -0.133. The summed E-state index contributed by atoms with van der Waals surface area (Å²) >= 11 is 3.47. The van der Waals surface area contributed by atoms with Crippen molar-refractivity contribution in [3.05, 3.63) is 52.4 Å². The Balaban J connectivity index is 1.67. The van der Waals surface area contributed by atoms with Crippen molar-refractivity contribution in [2.45, 2.75) is 32.0 Å². The highest BCUT2D eigenvalue weighted by molar-refractivity contribution is 9.10. The van der Waals surface area contributed by atoms with Crippen molar-refractivity contribution in [3.63, 3.8) is 0 Å². The SMILES string of the molecule is COc1ccc([C@H](C)NCC(=O)N(Cc2ccco2)[C@@H]2CCS(=O)(=O)C2)cc1Br. The van der Waals surface area contributed by atoms with Crippen LogP contribution in [0.5, 0.6) is 5.75 Å². The van der Waals surface area contributed by atoms with Gasteiger partial charge in [-0.15, -0.1) is 0 Å². The van der Waals surface area contributed by atoms with Crippen LogP contribution in [0.25, 0.3) is 0 Å². The third-order valence-electron chi connectivity index (χ3n) is 5.11. The van der Waals surface area contributed by atoms with Crippen LogP contribution in [0.3, 0.4) is 0 Å². The molecule has 0 aliphatic carbocycles. The van der Waals surface area contributed by atoms with Crippen LogP contribution in [0.15, 0.2) is 45.5 Å². The Morgan fingerprint density at radius 3 is 2.79 bits per heavy atom. The highest BCUT2D eigenvalue weighted by Gasteiger charge is 2.35. The van der Waals surface area contributed by atoms with E-state index in [2.05, 4.69) is 21.2 Å². The summed E-state index contributed by atoms with van der Waals surface area (Å²) in [6.07, 6.45) is 2.00. The summed E-state index contributed by atoms with van der Waals surface area (Å²) in [5, 5.41) is 3.23. The second-order valence-electron chi connectivity index (χ2n) is 7.15. The first-order valence-electron chi connectivity index (χ1n) is 9.38. The molecule has 1 N–H and O–H groups in total. The zero-order chi connectivity index (χ0) is 21.0. The predicted octanol–water partition coefficient (Wildman–Crippen LogP) is 2.92. The van der Waals surface area contributed by atoms with Crippen LogP contribution >= 0.6 is 15.9 Å². The molecule has 3 rings (SSSR count). The largest absolute Gasteiger partial charge is 0.496 e. The maximum absolute atomic E-state index is 13.0. The lowest BCUT2D eigenvalue weighted by Gasteiger charge is -2.28. The number of carbonyl (C=O) groups excluding carboxylic acids is 1. The molecule has 2 aromatic rings. The number of ether oxygens (including phenoxy) is 1. The van der Waals surface area contributed by atoms with Gasteiger partial charge in [0.05, 0.1) is 42.4 Å². The Hall–Kier alpha value is -1.84. The van der Waals surface area contributed by atoms with Gasteiger partial charge in [0, 0.05) is 12.1 Å². The summed E-state index contributed by atoms with van der Waals surface area (Å²) in [4.78, 5) is 14.6. The van der Waals surface area contributed by atoms with Crippen molar-refractivity contribution in [3.8, 4) is 5.75 Å². The van der Waals surface area contributed by atoms with Gasteiger partial charge in [-0.2, -0.15) is 0 Å². The van der Waals surface area contributed by atoms with Crippen LogP contribution in [-0.4, -0.2) is 50.4 Å². The molecule has 1 saturated heterocycles. The fourth-order valence-corrected chi connectivity index (χ4v) is 5.71.